The summed E-state index contributed by atoms with van der Waals surface area (Å²) in [6, 6.07) is 14.0. The summed E-state index contributed by atoms with van der Waals surface area (Å²) in [4.78, 5) is 29.2. The zero-order valence-electron chi connectivity index (χ0n) is 24.2. The van der Waals surface area contributed by atoms with E-state index in [1.807, 2.05) is 31.2 Å². The number of unbranched alkanes of at least 4 members (excludes halogenated alkanes) is 1. The molecule has 0 saturated heterocycles. The van der Waals surface area contributed by atoms with Gasteiger partial charge in [0.05, 0.1) is 34.4 Å². The van der Waals surface area contributed by atoms with E-state index in [1.165, 1.54) is 12.1 Å². The van der Waals surface area contributed by atoms with Gasteiger partial charge in [-0.1, -0.05) is 19.4 Å². The zero-order chi connectivity index (χ0) is 30.8. The normalized spacial score (nSPS) is 11.8. The van der Waals surface area contributed by atoms with Crippen molar-refractivity contribution in [3.05, 3.63) is 78.5 Å². The molecule has 0 radical (unpaired) electrons. The van der Waals surface area contributed by atoms with Crippen molar-refractivity contribution in [3.8, 4) is 33.9 Å². The molecule has 44 heavy (non-hydrogen) atoms. The van der Waals surface area contributed by atoms with E-state index in [4.69, 9.17) is 4.98 Å². The first kappa shape index (κ1) is 29.1. The highest BCUT2D eigenvalue weighted by molar-refractivity contribution is 7.90. The fraction of sp³-hybridized carbons (Fsp3) is 0.219. The van der Waals surface area contributed by atoms with Gasteiger partial charge in [-0.25, -0.2) is 17.8 Å². The lowest BCUT2D eigenvalue weighted by Crippen LogP contribution is -2.11. The molecular weight excluding hydrogens is 581 g/mol. The molecule has 6 rings (SSSR count). The monoisotopic (exact) mass is 611 g/mol. The van der Waals surface area contributed by atoms with Crippen LogP contribution in [0.25, 0.3) is 55.8 Å². The molecule has 224 valence electrons. The van der Waals surface area contributed by atoms with Crippen LogP contribution >= 0.6 is 0 Å². The second kappa shape index (κ2) is 12.0. The molecule has 0 atom stereocenters. The molecule has 10 nitrogen and oxygen atoms in total. The summed E-state index contributed by atoms with van der Waals surface area (Å²) in [6.07, 6.45) is 8.56. The van der Waals surface area contributed by atoms with E-state index in [2.05, 4.69) is 30.5 Å². The van der Waals surface area contributed by atoms with Gasteiger partial charge in [0.1, 0.15) is 26.9 Å². The number of carbonyl (C=O) groups is 1. The van der Waals surface area contributed by atoms with Crippen LogP contribution < -0.4 is 5.32 Å². The molecule has 0 aliphatic heterocycles. The predicted octanol–water partition coefficient (Wildman–Crippen LogP) is 6.09. The van der Waals surface area contributed by atoms with Gasteiger partial charge < -0.3 is 10.3 Å². The molecule has 0 spiro atoms. The molecular formula is C32H30FN7O3S. The number of nitrogens with zero attached hydrogens (tertiary/aromatic N) is 4. The lowest BCUT2D eigenvalue weighted by Gasteiger charge is -2.07. The summed E-state index contributed by atoms with van der Waals surface area (Å²) in [5.74, 6) is -0.102. The number of aromatic amines is 2. The number of aromatic nitrogens is 6. The maximum absolute atomic E-state index is 14.6. The van der Waals surface area contributed by atoms with Crippen molar-refractivity contribution < 1.29 is 17.6 Å². The standard InChI is InChI=1S/C32H30FN7O3S/c1-3-4-5-28(41)36-24-15-22(17-34-18-24)20-6-7-26-25(16-20)30(40-39-26)32-37-27-8-10-35-29(31(27)38-32)21-12-19(13-23(33)14-21)9-11-44(2,42)43/h6-8,10,12-18H,3-5,9,11H2,1-2H3,(H,36,41)(H,37,38)(H,39,40). The van der Waals surface area contributed by atoms with Gasteiger partial charge in [0.2, 0.25) is 5.91 Å². The van der Waals surface area contributed by atoms with Crippen molar-refractivity contribution in [2.75, 3.05) is 17.3 Å². The van der Waals surface area contributed by atoms with Crippen molar-refractivity contribution in [1.82, 2.24) is 30.1 Å². The maximum Gasteiger partial charge on any atom is 0.224 e. The Morgan fingerprint density at radius 2 is 1.84 bits per heavy atom. The minimum atomic E-state index is -3.20. The van der Waals surface area contributed by atoms with E-state index in [0.29, 0.717) is 51.5 Å². The zero-order valence-corrected chi connectivity index (χ0v) is 25.0. The number of carbonyl (C=O) groups excluding carboxylic acids is 1. The maximum atomic E-state index is 14.6. The first-order chi connectivity index (χ1) is 21.2. The van der Waals surface area contributed by atoms with Crippen LogP contribution in [-0.4, -0.2) is 56.5 Å². The van der Waals surface area contributed by atoms with E-state index in [0.717, 1.165) is 41.1 Å². The summed E-state index contributed by atoms with van der Waals surface area (Å²) in [5, 5.41) is 11.3. The highest BCUT2D eigenvalue weighted by Crippen LogP contribution is 2.33. The number of H-pyrrole nitrogens is 2. The number of hydrogen-bond donors (Lipinski definition) is 3. The van der Waals surface area contributed by atoms with Crippen LogP contribution in [0.3, 0.4) is 0 Å². The third-order valence-corrected chi connectivity index (χ3v) is 8.24. The fourth-order valence-corrected chi connectivity index (χ4v) is 5.70. The Balaban J connectivity index is 1.35. The van der Waals surface area contributed by atoms with Gasteiger partial charge in [-0.05, 0) is 66.4 Å². The van der Waals surface area contributed by atoms with E-state index in [-0.39, 0.29) is 18.1 Å². The number of amides is 1. The lowest BCUT2D eigenvalue weighted by atomic mass is 10.0. The largest absolute Gasteiger partial charge is 0.336 e. The highest BCUT2D eigenvalue weighted by atomic mass is 32.2. The van der Waals surface area contributed by atoms with Crippen molar-refractivity contribution >= 4 is 43.4 Å². The molecule has 1 amide bonds. The van der Waals surface area contributed by atoms with Crippen LogP contribution in [0.15, 0.2) is 67.1 Å². The van der Waals surface area contributed by atoms with Crippen molar-refractivity contribution in [1.29, 1.82) is 0 Å². The van der Waals surface area contributed by atoms with Gasteiger partial charge in [0.15, 0.2) is 5.82 Å². The number of anilines is 1. The second-order valence-electron chi connectivity index (χ2n) is 10.8. The molecule has 2 aromatic carbocycles. The Kier molecular flexibility index (Phi) is 7.92. The summed E-state index contributed by atoms with van der Waals surface area (Å²) < 4.78 is 37.9. The minimum absolute atomic E-state index is 0.0412. The van der Waals surface area contributed by atoms with Crippen LogP contribution in [0.2, 0.25) is 0 Å². The van der Waals surface area contributed by atoms with Gasteiger partial charge >= 0.3 is 0 Å². The van der Waals surface area contributed by atoms with Crippen LogP contribution in [0.4, 0.5) is 10.1 Å². The quantitative estimate of drug-likeness (QED) is 0.170. The summed E-state index contributed by atoms with van der Waals surface area (Å²) in [7, 11) is -3.20. The smallest absolute Gasteiger partial charge is 0.224 e. The van der Waals surface area contributed by atoms with Gasteiger partial charge in [0, 0.05) is 41.6 Å². The molecule has 4 aromatic heterocycles. The molecule has 0 aliphatic rings. The number of hydrogen-bond acceptors (Lipinski definition) is 7. The number of rotatable bonds is 10. The number of pyridine rings is 2. The summed E-state index contributed by atoms with van der Waals surface area (Å²) in [6.45, 7) is 2.04. The average molecular weight is 612 g/mol. The molecule has 0 unspecified atom stereocenters. The molecule has 12 heteroatoms. The number of aryl methyl sites for hydroxylation is 1. The van der Waals surface area contributed by atoms with Crippen LogP contribution in [-0.2, 0) is 21.1 Å². The number of halogens is 1. The summed E-state index contributed by atoms with van der Waals surface area (Å²) in [5.41, 5.74) is 6.50. The third-order valence-electron chi connectivity index (χ3n) is 7.29. The van der Waals surface area contributed by atoms with Crippen molar-refractivity contribution in [2.24, 2.45) is 0 Å². The first-order valence-electron chi connectivity index (χ1n) is 14.2. The van der Waals surface area contributed by atoms with Gasteiger partial charge in [-0.3, -0.25) is 19.9 Å². The minimum Gasteiger partial charge on any atom is -0.336 e. The highest BCUT2D eigenvalue weighted by Gasteiger charge is 2.18. The van der Waals surface area contributed by atoms with Crippen molar-refractivity contribution in [2.45, 2.75) is 32.6 Å². The molecule has 0 saturated carbocycles. The number of sulfone groups is 1. The summed E-state index contributed by atoms with van der Waals surface area (Å²) >= 11 is 0. The number of nitrogens with one attached hydrogen (secondary N) is 3. The van der Waals surface area contributed by atoms with Gasteiger partial charge in [-0.15, -0.1) is 0 Å². The van der Waals surface area contributed by atoms with E-state index < -0.39 is 15.7 Å². The van der Waals surface area contributed by atoms with E-state index >= 15 is 0 Å². The third kappa shape index (κ3) is 6.35. The van der Waals surface area contributed by atoms with Crippen LogP contribution in [0.5, 0.6) is 0 Å². The van der Waals surface area contributed by atoms with Crippen LogP contribution in [0, 0.1) is 5.82 Å². The first-order valence-corrected chi connectivity index (χ1v) is 16.3. The molecule has 3 N–H and O–H groups in total. The van der Waals surface area contributed by atoms with E-state index in [1.54, 1.807) is 30.7 Å². The Morgan fingerprint density at radius 3 is 2.66 bits per heavy atom. The van der Waals surface area contributed by atoms with Crippen molar-refractivity contribution in [3.63, 3.8) is 0 Å². The number of fused-ring (bicyclic) bond motifs is 2. The molecule has 4 heterocycles. The number of imidazole rings is 1. The predicted molar refractivity (Wildman–Crippen MR) is 169 cm³/mol. The SMILES string of the molecule is CCCCC(=O)Nc1cncc(-c2ccc3[nH]nc(-c4nc5c(-c6cc(F)cc(CCS(C)(=O)=O)c6)nccc5[nH]4)c3c2)c1. The molecule has 0 aliphatic carbocycles. The Hall–Kier alpha value is -4.97. The Morgan fingerprint density at radius 1 is 0.977 bits per heavy atom. The Labute approximate surface area is 253 Å². The van der Waals surface area contributed by atoms with Gasteiger partial charge in [-0.2, -0.15) is 5.10 Å². The molecule has 6 aromatic rings. The lowest BCUT2D eigenvalue weighted by molar-refractivity contribution is -0.116. The van der Waals surface area contributed by atoms with E-state index in [9.17, 15) is 17.6 Å². The van der Waals surface area contributed by atoms with Crippen LogP contribution in [0.1, 0.15) is 31.7 Å². The molecule has 0 bridgehead atoms. The topological polar surface area (TPSA) is 146 Å². The second-order valence-corrected chi connectivity index (χ2v) is 13.1. The Bertz CT molecular complexity index is 2120. The number of benzene rings is 2. The van der Waals surface area contributed by atoms with Gasteiger partial charge in [0.25, 0.3) is 0 Å². The molecule has 0 fully saturated rings. The fourth-order valence-electron chi connectivity index (χ4n) is 5.09. The average Bonchev–Trinajstić information content (AvgIpc) is 3.62.